The lowest BCUT2D eigenvalue weighted by Gasteiger charge is -2.35. The van der Waals surface area contributed by atoms with E-state index in [4.69, 9.17) is 15.2 Å². The quantitative estimate of drug-likeness (QED) is 0.146. The summed E-state index contributed by atoms with van der Waals surface area (Å²) < 4.78 is 48.0. The number of aliphatic hydroxyl groups is 4. The molecule has 0 spiro atoms. The van der Waals surface area contributed by atoms with Gasteiger partial charge < -0.3 is 45.4 Å². The van der Waals surface area contributed by atoms with Crippen molar-refractivity contribution in [2.75, 3.05) is 13.2 Å². The van der Waals surface area contributed by atoms with Crippen molar-refractivity contribution in [1.82, 2.24) is 9.55 Å². The first-order valence-electron chi connectivity index (χ1n) is 9.47. The van der Waals surface area contributed by atoms with E-state index in [1.807, 2.05) is 4.98 Å². The van der Waals surface area contributed by atoms with Gasteiger partial charge in [0.1, 0.15) is 30.5 Å². The van der Waals surface area contributed by atoms with E-state index in [1.165, 1.54) is 0 Å². The summed E-state index contributed by atoms with van der Waals surface area (Å²) >= 11 is 0. The Kier molecular flexibility index (Phi) is 8.28. The lowest BCUT2D eigenvalue weighted by molar-refractivity contribution is -0.218. The summed E-state index contributed by atoms with van der Waals surface area (Å²) in [6.07, 6.45) is -10.9. The van der Waals surface area contributed by atoms with Crippen LogP contribution in [0.25, 0.3) is 0 Å². The minimum absolute atomic E-state index is 0.380. The van der Waals surface area contributed by atoms with Crippen molar-refractivity contribution in [2.24, 2.45) is 5.73 Å². The predicted octanol–water partition coefficient (Wildman–Crippen LogP) is -4.19. The highest BCUT2D eigenvalue weighted by molar-refractivity contribution is 7.61. The number of hydrogen-bond acceptors (Lipinski definition) is 14. The van der Waals surface area contributed by atoms with Gasteiger partial charge in [-0.15, -0.1) is 0 Å². The maximum atomic E-state index is 12.1. The summed E-state index contributed by atoms with van der Waals surface area (Å²) in [5.41, 5.74) is 3.73. The average molecular weight is 535 g/mol. The zero-order chi connectivity index (χ0) is 25.4. The molecule has 10 unspecified atom stereocenters. The molecular formula is C14H23N3O15P2. The predicted molar refractivity (Wildman–Crippen MR) is 105 cm³/mol. The monoisotopic (exact) mass is 535 g/mol. The fourth-order valence-electron chi connectivity index (χ4n) is 3.11. The number of phosphoric ester groups is 2. The Hall–Kier alpha value is -1.34. The van der Waals surface area contributed by atoms with E-state index >= 15 is 0 Å². The van der Waals surface area contributed by atoms with Crippen molar-refractivity contribution in [2.45, 2.75) is 49.1 Å². The van der Waals surface area contributed by atoms with Gasteiger partial charge in [0, 0.05) is 12.3 Å². The summed E-state index contributed by atoms with van der Waals surface area (Å²) in [6, 6.07) is -0.0767. The number of nitrogens with two attached hydrogens (primary N) is 1. The lowest BCUT2D eigenvalue weighted by atomic mass is 10.0. The highest BCUT2D eigenvalue weighted by Gasteiger charge is 2.47. The minimum atomic E-state index is -5.43. The number of ether oxygens (including phenoxy) is 2. The third-order valence-corrected chi connectivity index (χ3v) is 7.43. The third-order valence-electron chi connectivity index (χ3n) is 4.83. The van der Waals surface area contributed by atoms with Gasteiger partial charge in [0.05, 0.1) is 19.3 Å². The van der Waals surface area contributed by atoms with Crippen LogP contribution in [0, 0.1) is 0 Å². The van der Waals surface area contributed by atoms with Crippen LogP contribution >= 0.6 is 15.6 Å². The number of aliphatic hydroxyl groups excluding tert-OH is 4. The van der Waals surface area contributed by atoms with E-state index in [0.29, 0.717) is 0 Å². The Morgan fingerprint density at radius 3 is 2.41 bits per heavy atom. The van der Waals surface area contributed by atoms with Crippen molar-refractivity contribution < 1.29 is 62.2 Å². The highest BCUT2D eigenvalue weighted by atomic mass is 31.3. The van der Waals surface area contributed by atoms with Gasteiger partial charge in [0.15, 0.2) is 12.5 Å². The van der Waals surface area contributed by atoms with Crippen molar-refractivity contribution in [3.8, 4) is 0 Å². The molecule has 2 aliphatic rings. The van der Waals surface area contributed by atoms with Crippen LogP contribution in [-0.4, -0.2) is 95.8 Å². The zero-order valence-electron chi connectivity index (χ0n) is 17.0. The summed E-state index contributed by atoms with van der Waals surface area (Å²) in [5, 5.41) is 39.7. The molecule has 194 valence electrons. The molecule has 0 radical (unpaired) electrons. The number of nitrogens with zero attached hydrogens (tertiary/aromatic N) is 1. The second kappa shape index (κ2) is 10.3. The van der Waals surface area contributed by atoms with E-state index in [9.17, 15) is 48.9 Å². The summed E-state index contributed by atoms with van der Waals surface area (Å²) in [5.74, 6) is 0. The van der Waals surface area contributed by atoms with E-state index in [0.717, 1.165) is 16.8 Å². The van der Waals surface area contributed by atoms with Crippen LogP contribution in [0.15, 0.2) is 21.9 Å². The van der Waals surface area contributed by atoms with Crippen LogP contribution < -0.4 is 17.0 Å². The molecule has 2 fully saturated rings. The van der Waals surface area contributed by atoms with Crippen molar-refractivity contribution in [3.05, 3.63) is 33.1 Å². The first kappa shape index (κ1) is 27.3. The van der Waals surface area contributed by atoms with Crippen LogP contribution in [0.3, 0.4) is 0 Å². The molecule has 1 aromatic rings. The Morgan fingerprint density at radius 2 is 1.76 bits per heavy atom. The number of aromatic nitrogens is 2. The van der Waals surface area contributed by atoms with Gasteiger partial charge >= 0.3 is 21.3 Å². The molecule has 0 aliphatic carbocycles. The standard InChI is InChI=1S/C14H23N3O15P2/c15-5-3-28-13(11(22)8(5)19)31-34(26,27)32-33(24,25)29-4-6-9(20)10(21)12(30-6)17-2-1-7(18)16-14(17)23/h1-2,5-6,8-13,19-22H,3-4,15H2,(H,24,25)(H,26,27)(H,16,18,23). The van der Waals surface area contributed by atoms with Crippen LogP contribution in [0.5, 0.6) is 0 Å². The number of H-pyrrole nitrogens is 1. The number of aromatic amines is 1. The topological polar surface area (TPSA) is 283 Å². The molecule has 0 bridgehead atoms. The van der Waals surface area contributed by atoms with E-state index in [-0.39, 0.29) is 6.61 Å². The normalized spacial score (nSPS) is 37.7. The van der Waals surface area contributed by atoms with E-state index in [2.05, 4.69) is 13.4 Å². The Balaban J connectivity index is 1.59. The fraction of sp³-hybridized carbons (Fsp3) is 0.714. The molecule has 18 nitrogen and oxygen atoms in total. The van der Waals surface area contributed by atoms with Crippen LogP contribution in [0.1, 0.15) is 6.23 Å². The third kappa shape index (κ3) is 6.26. The SMILES string of the molecule is NC1COC(OP(=O)(O)OP(=O)(O)OCC2OC(n3ccc(=O)[nH]c3=O)C(O)C2O)C(O)C1O. The first-order valence-corrected chi connectivity index (χ1v) is 12.5. The van der Waals surface area contributed by atoms with Gasteiger partial charge in [-0.05, 0) is 0 Å². The van der Waals surface area contributed by atoms with Crippen molar-refractivity contribution in [3.63, 3.8) is 0 Å². The molecular weight excluding hydrogens is 512 g/mol. The summed E-state index contributed by atoms with van der Waals surface area (Å²) in [4.78, 5) is 44.4. The molecule has 3 heterocycles. The Bertz CT molecular complexity index is 1080. The molecule has 20 heteroatoms. The van der Waals surface area contributed by atoms with Gasteiger partial charge in [0.25, 0.3) is 5.56 Å². The molecule has 2 saturated heterocycles. The molecule has 0 amide bonds. The maximum absolute atomic E-state index is 12.1. The second-order valence-corrected chi connectivity index (χ2v) is 10.3. The number of nitrogens with one attached hydrogen (secondary N) is 1. The molecule has 9 N–H and O–H groups in total. The molecule has 34 heavy (non-hydrogen) atoms. The van der Waals surface area contributed by atoms with Crippen molar-refractivity contribution >= 4 is 15.6 Å². The lowest BCUT2D eigenvalue weighted by Crippen LogP contribution is -2.56. The van der Waals surface area contributed by atoms with Crippen molar-refractivity contribution in [1.29, 1.82) is 0 Å². The molecule has 0 saturated carbocycles. The maximum Gasteiger partial charge on any atom is 0.483 e. The molecule has 3 rings (SSSR count). The highest BCUT2D eigenvalue weighted by Crippen LogP contribution is 2.61. The zero-order valence-corrected chi connectivity index (χ0v) is 18.8. The number of hydrogen-bond donors (Lipinski definition) is 8. The van der Waals surface area contributed by atoms with E-state index < -0.39 is 82.6 Å². The molecule has 2 aliphatic heterocycles. The molecule has 10 atom stereocenters. The molecule has 0 aromatic carbocycles. The van der Waals surface area contributed by atoms with Gasteiger partial charge in [-0.25, -0.2) is 13.9 Å². The summed E-state index contributed by atoms with van der Waals surface area (Å²) in [7, 11) is -10.8. The number of rotatable bonds is 8. The van der Waals surface area contributed by atoms with E-state index in [1.54, 1.807) is 0 Å². The smallest absolute Gasteiger partial charge is 0.388 e. The average Bonchev–Trinajstić information content (AvgIpc) is 3.00. The van der Waals surface area contributed by atoms with Gasteiger partial charge in [0.2, 0.25) is 0 Å². The van der Waals surface area contributed by atoms with Crippen LogP contribution in [0.4, 0.5) is 0 Å². The van der Waals surface area contributed by atoms with Gasteiger partial charge in [-0.3, -0.25) is 23.4 Å². The largest absolute Gasteiger partial charge is 0.483 e. The van der Waals surface area contributed by atoms with Crippen LogP contribution in [0.2, 0.25) is 0 Å². The van der Waals surface area contributed by atoms with Gasteiger partial charge in [-0.2, -0.15) is 4.31 Å². The number of phosphoric acid groups is 2. The first-order chi connectivity index (χ1) is 15.7. The second-order valence-electron chi connectivity index (χ2n) is 7.33. The van der Waals surface area contributed by atoms with Gasteiger partial charge in [-0.1, -0.05) is 0 Å². The Labute approximate surface area is 189 Å². The fourth-order valence-corrected chi connectivity index (χ4v) is 5.28. The molecule has 1 aromatic heterocycles. The Morgan fingerprint density at radius 1 is 1.09 bits per heavy atom. The van der Waals surface area contributed by atoms with Crippen LogP contribution in [-0.2, 0) is 32.0 Å². The minimum Gasteiger partial charge on any atom is -0.388 e. The summed E-state index contributed by atoms with van der Waals surface area (Å²) in [6.45, 7) is -1.36.